The molecular formula is C16H19F3N4S. The molecule has 3 N–H and O–H groups in total. The van der Waals surface area contributed by atoms with E-state index in [-0.39, 0.29) is 17.5 Å². The summed E-state index contributed by atoms with van der Waals surface area (Å²) < 4.78 is 37.6. The number of aryl methyl sites for hydroxylation is 2. The summed E-state index contributed by atoms with van der Waals surface area (Å²) in [7, 11) is 0. The lowest BCUT2D eigenvalue weighted by atomic mass is 10.0. The molecule has 0 bridgehead atoms. The highest BCUT2D eigenvalue weighted by Gasteiger charge is 2.33. The van der Waals surface area contributed by atoms with Crippen LogP contribution >= 0.6 is 11.3 Å². The number of rotatable bonds is 5. The Morgan fingerprint density at radius 1 is 1.25 bits per heavy atom. The molecule has 1 aromatic heterocycles. The van der Waals surface area contributed by atoms with Gasteiger partial charge in [-0.1, -0.05) is 32.0 Å². The van der Waals surface area contributed by atoms with Crippen LogP contribution in [0.15, 0.2) is 28.6 Å². The molecule has 0 aliphatic heterocycles. The van der Waals surface area contributed by atoms with Gasteiger partial charge >= 0.3 is 6.18 Å². The predicted molar refractivity (Wildman–Crippen MR) is 91.3 cm³/mol. The maximum absolute atomic E-state index is 12.5. The van der Waals surface area contributed by atoms with Gasteiger partial charge in [-0.15, -0.1) is 11.3 Å². The second-order valence-electron chi connectivity index (χ2n) is 5.11. The number of thiazole rings is 1. The van der Waals surface area contributed by atoms with Crippen molar-refractivity contribution in [3.63, 3.8) is 0 Å². The Balaban J connectivity index is 2.11. The van der Waals surface area contributed by atoms with Crippen molar-refractivity contribution in [3.05, 3.63) is 45.4 Å². The number of halogens is 3. The number of nitrogens with two attached hydrogens (primary N) is 1. The number of aromatic nitrogens is 1. The van der Waals surface area contributed by atoms with E-state index in [9.17, 15) is 13.2 Å². The van der Waals surface area contributed by atoms with E-state index in [0.29, 0.717) is 0 Å². The van der Waals surface area contributed by atoms with E-state index in [0.717, 1.165) is 46.4 Å². The van der Waals surface area contributed by atoms with Crippen LogP contribution < -0.4 is 11.1 Å². The van der Waals surface area contributed by atoms with Gasteiger partial charge in [0.15, 0.2) is 11.7 Å². The Bertz CT molecular complexity index is 700. The number of benzene rings is 1. The predicted octanol–water partition coefficient (Wildman–Crippen LogP) is 4.21. The third-order valence-electron chi connectivity index (χ3n) is 3.48. The zero-order valence-corrected chi connectivity index (χ0v) is 14.3. The molecule has 4 nitrogen and oxygen atoms in total. The number of guanidine groups is 1. The van der Waals surface area contributed by atoms with Crippen molar-refractivity contribution in [2.45, 2.75) is 39.4 Å². The Hall–Kier alpha value is -2.09. The molecule has 0 saturated carbocycles. The van der Waals surface area contributed by atoms with Gasteiger partial charge < -0.3 is 11.1 Å². The lowest BCUT2D eigenvalue weighted by molar-refractivity contribution is -0.140. The van der Waals surface area contributed by atoms with Gasteiger partial charge in [-0.2, -0.15) is 13.2 Å². The average molecular weight is 356 g/mol. The number of nitrogens with one attached hydrogen (secondary N) is 1. The summed E-state index contributed by atoms with van der Waals surface area (Å²) in [5.41, 5.74) is 8.13. The summed E-state index contributed by atoms with van der Waals surface area (Å²) in [6, 6.07) is 6.00. The second-order valence-corrected chi connectivity index (χ2v) is 6.05. The van der Waals surface area contributed by atoms with Crippen LogP contribution in [0.25, 0.3) is 0 Å². The topological polar surface area (TPSA) is 63.3 Å². The summed E-state index contributed by atoms with van der Waals surface area (Å²) in [5, 5.41) is 4.32. The molecule has 0 aliphatic rings. The van der Waals surface area contributed by atoms with E-state index in [1.165, 1.54) is 0 Å². The molecule has 24 heavy (non-hydrogen) atoms. The van der Waals surface area contributed by atoms with Gasteiger partial charge in [-0.3, -0.25) is 0 Å². The van der Waals surface area contributed by atoms with Crippen LogP contribution in [0, 0.1) is 0 Å². The Morgan fingerprint density at radius 3 is 2.38 bits per heavy atom. The normalized spacial score (nSPS) is 12.5. The summed E-state index contributed by atoms with van der Waals surface area (Å²) >= 11 is 0.918. The highest BCUT2D eigenvalue weighted by molar-refractivity contribution is 7.09. The van der Waals surface area contributed by atoms with E-state index < -0.39 is 11.9 Å². The van der Waals surface area contributed by atoms with Crippen LogP contribution in [-0.2, 0) is 25.6 Å². The van der Waals surface area contributed by atoms with Crippen molar-refractivity contribution in [2.75, 3.05) is 5.32 Å². The highest BCUT2D eigenvalue weighted by atomic mass is 32.1. The molecule has 0 aliphatic carbocycles. The first-order valence-corrected chi connectivity index (χ1v) is 8.42. The van der Waals surface area contributed by atoms with Crippen LogP contribution in [-0.4, -0.2) is 10.9 Å². The number of aliphatic imine (C=N–C) groups is 1. The van der Waals surface area contributed by atoms with Gasteiger partial charge in [-0.25, -0.2) is 9.98 Å². The zero-order valence-electron chi connectivity index (χ0n) is 13.4. The molecule has 0 radical (unpaired) electrons. The number of nitrogens with zero attached hydrogens (tertiary/aromatic N) is 2. The molecule has 1 aromatic carbocycles. The number of hydrogen-bond donors (Lipinski definition) is 2. The lowest BCUT2D eigenvalue weighted by Gasteiger charge is -2.14. The third kappa shape index (κ3) is 4.47. The monoisotopic (exact) mass is 356 g/mol. The Kier molecular flexibility index (Phi) is 5.82. The quantitative estimate of drug-likeness (QED) is 0.623. The summed E-state index contributed by atoms with van der Waals surface area (Å²) in [4.78, 5) is 7.63. The molecule has 2 aromatic rings. The van der Waals surface area contributed by atoms with Gasteiger partial charge in [0.25, 0.3) is 0 Å². The molecule has 130 valence electrons. The molecule has 0 unspecified atom stereocenters. The minimum absolute atomic E-state index is 0.00926. The number of hydrogen-bond acceptors (Lipinski definition) is 3. The van der Waals surface area contributed by atoms with Crippen LogP contribution in [0.4, 0.5) is 18.9 Å². The van der Waals surface area contributed by atoms with E-state index in [1.807, 2.05) is 32.0 Å². The van der Waals surface area contributed by atoms with Crippen LogP contribution in [0.2, 0.25) is 0 Å². The molecule has 8 heteroatoms. The molecule has 0 atom stereocenters. The SMILES string of the molecule is CCc1cccc(CC)c1NC(N)=NCc1nc(C(F)(F)F)cs1. The first-order valence-electron chi connectivity index (χ1n) is 7.54. The van der Waals surface area contributed by atoms with E-state index >= 15 is 0 Å². The van der Waals surface area contributed by atoms with E-state index in [4.69, 9.17) is 5.73 Å². The van der Waals surface area contributed by atoms with Crippen LogP contribution in [0.1, 0.15) is 35.7 Å². The van der Waals surface area contributed by atoms with E-state index in [2.05, 4.69) is 15.3 Å². The number of para-hydroxylation sites is 1. The fourth-order valence-electron chi connectivity index (χ4n) is 2.24. The summed E-state index contributed by atoms with van der Waals surface area (Å²) in [5.74, 6) is 0.161. The molecule has 0 saturated heterocycles. The first kappa shape index (κ1) is 18.3. The van der Waals surface area contributed by atoms with Gasteiger partial charge in [0.2, 0.25) is 0 Å². The first-order chi connectivity index (χ1) is 11.3. The minimum Gasteiger partial charge on any atom is -0.370 e. The van der Waals surface area contributed by atoms with Gasteiger partial charge in [-0.05, 0) is 24.0 Å². The molecule has 0 amide bonds. The van der Waals surface area contributed by atoms with Crippen molar-refractivity contribution < 1.29 is 13.2 Å². The van der Waals surface area contributed by atoms with Crippen molar-refractivity contribution in [1.29, 1.82) is 0 Å². The second kappa shape index (κ2) is 7.65. The lowest BCUT2D eigenvalue weighted by Crippen LogP contribution is -2.24. The van der Waals surface area contributed by atoms with Crippen molar-refractivity contribution in [1.82, 2.24) is 4.98 Å². The molecule has 0 spiro atoms. The Labute approximate surface area is 142 Å². The van der Waals surface area contributed by atoms with Crippen molar-refractivity contribution in [3.8, 4) is 0 Å². The van der Waals surface area contributed by atoms with Crippen molar-refractivity contribution in [2.24, 2.45) is 10.7 Å². The van der Waals surface area contributed by atoms with Crippen LogP contribution in [0.5, 0.6) is 0 Å². The Morgan fingerprint density at radius 2 is 1.88 bits per heavy atom. The minimum atomic E-state index is -4.43. The van der Waals surface area contributed by atoms with E-state index in [1.54, 1.807) is 0 Å². The third-order valence-corrected chi connectivity index (χ3v) is 4.31. The molecule has 2 rings (SSSR count). The highest BCUT2D eigenvalue weighted by Crippen LogP contribution is 2.30. The fraction of sp³-hybridized carbons (Fsp3) is 0.375. The zero-order chi connectivity index (χ0) is 17.7. The molecular weight excluding hydrogens is 337 g/mol. The number of alkyl halides is 3. The smallest absolute Gasteiger partial charge is 0.370 e. The van der Waals surface area contributed by atoms with Gasteiger partial charge in [0.1, 0.15) is 5.01 Å². The van der Waals surface area contributed by atoms with Crippen LogP contribution in [0.3, 0.4) is 0 Å². The maximum atomic E-state index is 12.5. The molecule has 0 fully saturated rings. The van der Waals surface area contributed by atoms with Gasteiger partial charge in [0, 0.05) is 11.1 Å². The average Bonchev–Trinajstić information content (AvgIpc) is 3.02. The molecule has 1 heterocycles. The van der Waals surface area contributed by atoms with Gasteiger partial charge in [0.05, 0.1) is 6.54 Å². The summed E-state index contributed by atoms with van der Waals surface area (Å²) in [6.45, 7) is 4.10. The fourth-order valence-corrected chi connectivity index (χ4v) is 2.96. The number of anilines is 1. The van der Waals surface area contributed by atoms with Crippen molar-refractivity contribution >= 4 is 23.0 Å². The maximum Gasteiger partial charge on any atom is 0.434 e. The summed E-state index contributed by atoms with van der Waals surface area (Å²) in [6.07, 6.45) is -2.76. The standard InChI is InChI=1S/C16H19F3N4S/c1-3-10-6-5-7-11(4-2)14(10)23-15(20)21-8-13-22-12(9-24-13)16(17,18)19/h5-7,9H,3-4,8H2,1-2H3,(H3,20,21,23). The largest absolute Gasteiger partial charge is 0.434 e.